The van der Waals surface area contributed by atoms with Crippen molar-refractivity contribution >= 4 is 45.0 Å². The second-order valence-corrected chi connectivity index (χ2v) is 7.78. The van der Waals surface area contributed by atoms with E-state index in [1.54, 1.807) is 16.7 Å². The number of rotatable bonds is 5. The Labute approximate surface area is 145 Å². The average Bonchev–Trinajstić information content (AvgIpc) is 3.23. The molecular weight excluding hydrogens is 350 g/mol. The van der Waals surface area contributed by atoms with Crippen LogP contribution in [0.25, 0.3) is 10.6 Å². The Morgan fingerprint density at radius 1 is 1.30 bits per heavy atom. The molecule has 0 radical (unpaired) electrons. The third-order valence-electron chi connectivity index (χ3n) is 3.29. The van der Waals surface area contributed by atoms with E-state index < -0.39 is 0 Å². The monoisotopic (exact) mass is 365 g/mol. The van der Waals surface area contributed by atoms with E-state index in [-0.39, 0.29) is 17.3 Å². The normalized spacial score (nSPS) is 10.9. The molecule has 0 aliphatic rings. The number of anilines is 1. The lowest BCUT2D eigenvalue weighted by atomic mass is 10.3. The number of carbonyl (C=O) groups excluding carboxylic acids is 1. The fraction of sp³-hybridized carbons (Fsp3) is 0.267. The SMILES string of the molecule is CCc1ccc(-c2csc(NC(=O)Cn3c(C)csc3=O)n2)s1. The lowest BCUT2D eigenvalue weighted by molar-refractivity contribution is -0.116. The molecule has 0 aliphatic carbocycles. The summed E-state index contributed by atoms with van der Waals surface area (Å²) >= 11 is 4.20. The van der Waals surface area contributed by atoms with Crippen molar-refractivity contribution in [1.29, 1.82) is 0 Å². The molecule has 3 rings (SSSR count). The predicted molar refractivity (Wildman–Crippen MR) is 96.8 cm³/mol. The molecule has 5 nitrogen and oxygen atoms in total. The lowest BCUT2D eigenvalue weighted by Gasteiger charge is -2.03. The molecule has 1 N–H and O–H groups in total. The molecule has 3 aromatic heterocycles. The number of carbonyl (C=O) groups is 1. The second-order valence-electron chi connectivity index (χ2n) is 4.93. The van der Waals surface area contributed by atoms with Crippen LogP contribution in [0.2, 0.25) is 0 Å². The Bertz CT molecular complexity index is 888. The number of amides is 1. The Hall–Kier alpha value is -1.77. The Balaban J connectivity index is 1.69. The first-order valence-corrected chi connectivity index (χ1v) is 9.63. The van der Waals surface area contributed by atoms with Gasteiger partial charge in [0.1, 0.15) is 6.54 Å². The second kappa shape index (κ2) is 6.77. The van der Waals surface area contributed by atoms with Crippen LogP contribution >= 0.6 is 34.0 Å². The molecule has 3 heterocycles. The molecule has 0 bridgehead atoms. The van der Waals surface area contributed by atoms with Crippen LogP contribution < -0.4 is 10.2 Å². The van der Waals surface area contributed by atoms with Crippen LogP contribution in [0.4, 0.5) is 5.13 Å². The van der Waals surface area contributed by atoms with Gasteiger partial charge in [0.05, 0.1) is 10.6 Å². The number of hydrogen-bond donors (Lipinski definition) is 1. The molecule has 1 amide bonds. The van der Waals surface area contributed by atoms with Crippen LogP contribution in [-0.2, 0) is 17.8 Å². The highest BCUT2D eigenvalue weighted by Crippen LogP contribution is 2.30. The summed E-state index contributed by atoms with van der Waals surface area (Å²) in [5, 5.41) is 7.00. The van der Waals surface area contributed by atoms with E-state index in [0.29, 0.717) is 5.13 Å². The number of nitrogens with one attached hydrogen (secondary N) is 1. The van der Waals surface area contributed by atoms with Gasteiger partial charge < -0.3 is 5.32 Å². The molecule has 120 valence electrons. The Morgan fingerprint density at radius 2 is 2.13 bits per heavy atom. The molecule has 0 atom stereocenters. The third-order valence-corrected chi connectivity index (χ3v) is 6.18. The van der Waals surface area contributed by atoms with Crippen LogP contribution in [0, 0.1) is 6.92 Å². The minimum atomic E-state index is -0.241. The van der Waals surface area contributed by atoms with Crippen molar-refractivity contribution in [2.75, 3.05) is 5.32 Å². The predicted octanol–water partition coefficient (Wildman–Crippen LogP) is 3.60. The van der Waals surface area contributed by atoms with Gasteiger partial charge in [-0.1, -0.05) is 18.3 Å². The van der Waals surface area contributed by atoms with E-state index in [0.717, 1.165) is 34.0 Å². The highest BCUT2D eigenvalue weighted by atomic mass is 32.1. The van der Waals surface area contributed by atoms with Crippen molar-refractivity contribution < 1.29 is 4.79 Å². The van der Waals surface area contributed by atoms with E-state index in [1.165, 1.54) is 20.8 Å². The zero-order valence-corrected chi connectivity index (χ0v) is 15.1. The number of aromatic nitrogens is 2. The standard InChI is InChI=1S/C15H15N3O2S3/c1-3-10-4-5-12(23-10)11-8-21-14(16-11)17-13(19)6-18-9(2)7-22-15(18)20/h4-5,7-8H,3,6H2,1-2H3,(H,16,17,19). The first-order chi connectivity index (χ1) is 11.1. The molecule has 0 aliphatic heterocycles. The van der Waals surface area contributed by atoms with E-state index in [1.807, 2.05) is 12.3 Å². The first kappa shape index (κ1) is 16.1. The summed E-state index contributed by atoms with van der Waals surface area (Å²) in [6, 6.07) is 4.15. The molecule has 0 unspecified atom stereocenters. The van der Waals surface area contributed by atoms with Gasteiger partial charge in [-0.15, -0.1) is 22.7 Å². The number of thiophene rings is 1. The topological polar surface area (TPSA) is 64.0 Å². The Morgan fingerprint density at radius 3 is 2.78 bits per heavy atom. The van der Waals surface area contributed by atoms with E-state index in [4.69, 9.17) is 0 Å². The minimum absolute atomic E-state index is 0.0159. The van der Waals surface area contributed by atoms with Crippen molar-refractivity contribution in [3.63, 3.8) is 0 Å². The van der Waals surface area contributed by atoms with Gasteiger partial charge in [0, 0.05) is 21.3 Å². The zero-order chi connectivity index (χ0) is 16.4. The summed E-state index contributed by atoms with van der Waals surface area (Å²) in [5.41, 5.74) is 1.67. The largest absolute Gasteiger partial charge is 0.307 e. The lowest BCUT2D eigenvalue weighted by Crippen LogP contribution is -2.25. The van der Waals surface area contributed by atoms with Gasteiger partial charge >= 0.3 is 4.87 Å². The maximum Gasteiger partial charge on any atom is 0.307 e. The highest BCUT2D eigenvalue weighted by Gasteiger charge is 2.12. The molecule has 8 heteroatoms. The van der Waals surface area contributed by atoms with Gasteiger partial charge in [-0.3, -0.25) is 14.2 Å². The minimum Gasteiger partial charge on any atom is -0.300 e. The van der Waals surface area contributed by atoms with Crippen molar-refractivity contribution in [1.82, 2.24) is 9.55 Å². The molecule has 3 aromatic rings. The van der Waals surface area contributed by atoms with Gasteiger partial charge in [0.2, 0.25) is 5.91 Å². The summed E-state index contributed by atoms with van der Waals surface area (Å²) in [6.45, 7) is 3.95. The third kappa shape index (κ3) is 3.60. The number of aryl methyl sites for hydroxylation is 2. The summed E-state index contributed by atoms with van der Waals surface area (Å²) in [5.74, 6) is -0.241. The van der Waals surface area contributed by atoms with E-state index >= 15 is 0 Å². The highest BCUT2D eigenvalue weighted by molar-refractivity contribution is 7.17. The van der Waals surface area contributed by atoms with Crippen molar-refractivity contribution in [3.8, 4) is 10.6 Å². The summed E-state index contributed by atoms with van der Waals surface area (Å²) in [4.78, 5) is 30.5. The summed E-state index contributed by atoms with van der Waals surface area (Å²) < 4.78 is 1.46. The number of hydrogen-bond acceptors (Lipinski definition) is 6. The average molecular weight is 366 g/mol. The molecule has 0 spiro atoms. The molecular formula is C15H15N3O2S3. The van der Waals surface area contributed by atoms with Crippen LogP contribution in [0.1, 0.15) is 17.5 Å². The van der Waals surface area contributed by atoms with Crippen LogP contribution in [0.5, 0.6) is 0 Å². The van der Waals surface area contributed by atoms with Crippen LogP contribution in [-0.4, -0.2) is 15.5 Å². The maximum atomic E-state index is 12.1. The van der Waals surface area contributed by atoms with E-state index in [9.17, 15) is 9.59 Å². The first-order valence-electron chi connectivity index (χ1n) is 7.06. The van der Waals surface area contributed by atoms with E-state index in [2.05, 4.69) is 29.4 Å². The van der Waals surface area contributed by atoms with Crippen molar-refractivity contribution in [2.45, 2.75) is 26.8 Å². The fourth-order valence-electron chi connectivity index (χ4n) is 2.05. The Kier molecular flexibility index (Phi) is 4.74. The summed E-state index contributed by atoms with van der Waals surface area (Å²) in [7, 11) is 0. The van der Waals surface area contributed by atoms with Gasteiger partial charge in [-0.2, -0.15) is 0 Å². The zero-order valence-electron chi connectivity index (χ0n) is 12.7. The van der Waals surface area contributed by atoms with Gasteiger partial charge in [-0.05, 0) is 25.5 Å². The van der Waals surface area contributed by atoms with Crippen molar-refractivity contribution in [3.05, 3.63) is 43.1 Å². The van der Waals surface area contributed by atoms with Gasteiger partial charge in [0.15, 0.2) is 5.13 Å². The summed E-state index contributed by atoms with van der Waals surface area (Å²) in [6.07, 6.45) is 1.01. The molecule has 0 fully saturated rings. The molecule has 0 saturated heterocycles. The van der Waals surface area contributed by atoms with Gasteiger partial charge in [0.25, 0.3) is 0 Å². The van der Waals surface area contributed by atoms with Crippen LogP contribution in [0.15, 0.2) is 27.7 Å². The molecule has 23 heavy (non-hydrogen) atoms. The van der Waals surface area contributed by atoms with Crippen molar-refractivity contribution in [2.24, 2.45) is 0 Å². The quantitative estimate of drug-likeness (QED) is 0.751. The molecule has 0 saturated carbocycles. The maximum absolute atomic E-state index is 12.1. The number of thiazole rings is 2. The molecule has 0 aromatic carbocycles. The fourth-order valence-corrected chi connectivity index (χ4v) is 4.49. The van der Waals surface area contributed by atoms with Gasteiger partial charge in [-0.25, -0.2) is 4.98 Å². The number of nitrogens with zero attached hydrogens (tertiary/aromatic N) is 2. The van der Waals surface area contributed by atoms with Crippen LogP contribution in [0.3, 0.4) is 0 Å². The smallest absolute Gasteiger partial charge is 0.300 e.